The van der Waals surface area contributed by atoms with Gasteiger partial charge in [-0.25, -0.2) is 19.4 Å². The van der Waals surface area contributed by atoms with Gasteiger partial charge in [0.2, 0.25) is 0 Å². The van der Waals surface area contributed by atoms with Gasteiger partial charge in [-0.3, -0.25) is 0 Å². The van der Waals surface area contributed by atoms with Crippen LogP contribution in [0.25, 0.3) is 0 Å². The van der Waals surface area contributed by atoms with Gasteiger partial charge < -0.3 is 20.1 Å². The van der Waals surface area contributed by atoms with Crippen LogP contribution in [0.2, 0.25) is 0 Å². The number of amides is 2. The molecule has 0 fully saturated rings. The molecule has 1 aromatic heterocycles. The van der Waals surface area contributed by atoms with E-state index in [0.717, 1.165) is 6.07 Å². The first-order chi connectivity index (χ1) is 12.6. The van der Waals surface area contributed by atoms with Gasteiger partial charge in [-0.05, 0) is 26.0 Å². The van der Waals surface area contributed by atoms with Gasteiger partial charge in [-0.15, -0.1) is 0 Å². The molecule has 1 aromatic rings. The molecule has 2 amide bonds. The van der Waals surface area contributed by atoms with E-state index in [1.54, 1.807) is 13.8 Å². The molecule has 0 spiro atoms. The van der Waals surface area contributed by atoms with E-state index in [1.807, 2.05) is 0 Å². The number of ether oxygens (including phenoxy) is 2. The van der Waals surface area contributed by atoms with Gasteiger partial charge in [-0.1, -0.05) is 0 Å². The van der Waals surface area contributed by atoms with Crippen molar-refractivity contribution in [3.05, 3.63) is 40.9 Å². The van der Waals surface area contributed by atoms with Crippen LogP contribution in [-0.4, -0.2) is 42.2 Å². The molecule has 0 saturated heterocycles. The predicted octanol–water partition coefficient (Wildman–Crippen LogP) is 1.78. The third kappa shape index (κ3) is 4.96. The van der Waals surface area contributed by atoms with Crippen molar-refractivity contribution in [2.75, 3.05) is 13.2 Å². The molecule has 0 aromatic carbocycles. The molecule has 1 aliphatic heterocycles. The summed E-state index contributed by atoms with van der Waals surface area (Å²) < 4.78 is 47.4. The van der Waals surface area contributed by atoms with Gasteiger partial charge >= 0.3 is 24.1 Å². The van der Waals surface area contributed by atoms with Crippen LogP contribution in [0, 0.1) is 0 Å². The number of carbonyl (C=O) groups is 3. The van der Waals surface area contributed by atoms with Crippen molar-refractivity contribution in [2.45, 2.75) is 26.1 Å². The van der Waals surface area contributed by atoms with Crippen LogP contribution in [0.3, 0.4) is 0 Å². The number of nitrogens with zero attached hydrogens (tertiary/aromatic N) is 1. The number of esters is 2. The van der Waals surface area contributed by atoms with Gasteiger partial charge in [0.1, 0.15) is 12.3 Å². The Hall–Kier alpha value is -3.11. The van der Waals surface area contributed by atoms with Crippen LogP contribution in [0.15, 0.2) is 29.6 Å². The average Bonchev–Trinajstić information content (AvgIpc) is 2.58. The molecule has 0 bridgehead atoms. The summed E-state index contributed by atoms with van der Waals surface area (Å²) >= 11 is 0. The Morgan fingerprint density at radius 3 is 2.48 bits per heavy atom. The summed E-state index contributed by atoms with van der Waals surface area (Å²) in [5.74, 6) is -1.71. The van der Waals surface area contributed by atoms with E-state index >= 15 is 0 Å². The molecule has 0 saturated carbocycles. The number of urea groups is 1. The fourth-order valence-electron chi connectivity index (χ4n) is 2.29. The SMILES string of the molecule is CCOC(=O)C1=C(COC(=O)c2ccc(C(F)(F)F)cn2)NC(=O)NC1C. The normalized spacial score (nSPS) is 17.1. The van der Waals surface area contributed by atoms with E-state index in [4.69, 9.17) is 9.47 Å². The van der Waals surface area contributed by atoms with Gasteiger partial charge in [0.05, 0.1) is 29.5 Å². The van der Waals surface area contributed by atoms with E-state index < -0.39 is 42.4 Å². The lowest BCUT2D eigenvalue weighted by atomic mass is 10.0. The maximum atomic E-state index is 12.5. The van der Waals surface area contributed by atoms with E-state index in [9.17, 15) is 27.6 Å². The summed E-state index contributed by atoms with van der Waals surface area (Å²) in [7, 11) is 0. The highest BCUT2D eigenvalue weighted by Gasteiger charge is 2.32. The lowest BCUT2D eigenvalue weighted by Gasteiger charge is -2.26. The molecule has 1 aliphatic rings. The van der Waals surface area contributed by atoms with Gasteiger partial charge in [0.25, 0.3) is 0 Å². The minimum absolute atomic E-state index is 0.0185. The first kappa shape index (κ1) is 20.2. The van der Waals surface area contributed by atoms with E-state index in [-0.39, 0.29) is 23.6 Å². The number of hydrogen-bond acceptors (Lipinski definition) is 6. The third-order valence-electron chi connectivity index (χ3n) is 3.51. The summed E-state index contributed by atoms with van der Waals surface area (Å²) in [5, 5.41) is 4.82. The lowest BCUT2D eigenvalue weighted by Crippen LogP contribution is -2.50. The summed E-state index contributed by atoms with van der Waals surface area (Å²) in [6.45, 7) is 2.76. The van der Waals surface area contributed by atoms with E-state index in [2.05, 4.69) is 15.6 Å². The summed E-state index contributed by atoms with van der Waals surface area (Å²) in [6, 6.07) is 0.279. The Bertz CT molecular complexity index is 775. The number of aromatic nitrogens is 1. The second-order valence-corrected chi connectivity index (χ2v) is 5.44. The molecule has 2 rings (SSSR count). The Morgan fingerprint density at radius 2 is 1.93 bits per heavy atom. The van der Waals surface area contributed by atoms with Crippen LogP contribution in [0.1, 0.15) is 29.9 Å². The number of hydrogen-bond donors (Lipinski definition) is 2. The van der Waals surface area contributed by atoms with Crippen LogP contribution in [0.4, 0.5) is 18.0 Å². The molecule has 8 nitrogen and oxygen atoms in total. The highest BCUT2D eigenvalue weighted by molar-refractivity contribution is 5.95. The number of alkyl halides is 3. The molecule has 2 heterocycles. The fourth-order valence-corrected chi connectivity index (χ4v) is 2.29. The molecule has 0 aliphatic carbocycles. The molecule has 27 heavy (non-hydrogen) atoms. The largest absolute Gasteiger partial charge is 0.463 e. The Kier molecular flexibility index (Phi) is 6.03. The van der Waals surface area contributed by atoms with Crippen molar-refractivity contribution in [3.63, 3.8) is 0 Å². The predicted molar refractivity (Wildman–Crippen MR) is 84.3 cm³/mol. The van der Waals surface area contributed by atoms with Gasteiger partial charge in [-0.2, -0.15) is 13.2 Å². The number of halogens is 3. The second-order valence-electron chi connectivity index (χ2n) is 5.44. The highest BCUT2D eigenvalue weighted by Crippen LogP contribution is 2.28. The molecular weight excluding hydrogens is 371 g/mol. The molecule has 146 valence electrons. The van der Waals surface area contributed by atoms with Crippen molar-refractivity contribution in [3.8, 4) is 0 Å². The molecule has 0 radical (unpaired) electrons. The van der Waals surface area contributed by atoms with Crippen LogP contribution < -0.4 is 10.6 Å². The lowest BCUT2D eigenvalue weighted by molar-refractivity contribution is -0.139. The summed E-state index contributed by atoms with van der Waals surface area (Å²) in [6.07, 6.45) is -4.07. The van der Waals surface area contributed by atoms with Gasteiger partial charge in [0.15, 0.2) is 0 Å². The quantitative estimate of drug-likeness (QED) is 0.746. The minimum Gasteiger partial charge on any atom is -0.463 e. The topological polar surface area (TPSA) is 107 Å². The summed E-state index contributed by atoms with van der Waals surface area (Å²) in [4.78, 5) is 39.0. The second kappa shape index (κ2) is 8.06. The Labute approximate surface area is 151 Å². The summed E-state index contributed by atoms with van der Waals surface area (Å²) in [5.41, 5.74) is -1.27. The number of nitrogens with one attached hydrogen (secondary N) is 2. The first-order valence-electron chi connectivity index (χ1n) is 7.81. The third-order valence-corrected chi connectivity index (χ3v) is 3.51. The number of carbonyl (C=O) groups excluding carboxylic acids is 3. The molecule has 1 unspecified atom stereocenters. The standard InChI is InChI=1S/C16H16F3N3O5/c1-3-26-14(24)12-8(2)21-15(25)22-11(12)7-27-13(23)10-5-4-9(6-20-10)16(17,18)19/h4-6,8H,3,7H2,1-2H3,(H2,21,22,25). The zero-order chi connectivity index (χ0) is 20.2. The maximum Gasteiger partial charge on any atom is 0.417 e. The molecular formula is C16H16F3N3O5. The monoisotopic (exact) mass is 387 g/mol. The zero-order valence-corrected chi connectivity index (χ0v) is 14.3. The van der Waals surface area contributed by atoms with Crippen LogP contribution in [0.5, 0.6) is 0 Å². The van der Waals surface area contributed by atoms with E-state index in [0.29, 0.717) is 12.3 Å². The van der Waals surface area contributed by atoms with Crippen molar-refractivity contribution in [1.82, 2.24) is 15.6 Å². The van der Waals surface area contributed by atoms with E-state index in [1.165, 1.54) is 0 Å². The maximum absolute atomic E-state index is 12.5. The fraction of sp³-hybridized carbons (Fsp3) is 0.375. The molecule has 2 N–H and O–H groups in total. The van der Waals surface area contributed by atoms with Gasteiger partial charge in [0, 0.05) is 6.20 Å². The highest BCUT2D eigenvalue weighted by atomic mass is 19.4. The Balaban J connectivity index is 2.14. The first-order valence-corrected chi connectivity index (χ1v) is 7.81. The molecule has 11 heteroatoms. The van der Waals surface area contributed by atoms with Crippen LogP contribution >= 0.6 is 0 Å². The van der Waals surface area contributed by atoms with Crippen LogP contribution in [-0.2, 0) is 20.4 Å². The smallest absolute Gasteiger partial charge is 0.417 e. The molecule has 1 atom stereocenters. The number of rotatable bonds is 5. The Morgan fingerprint density at radius 1 is 1.22 bits per heavy atom. The number of pyridine rings is 1. The van der Waals surface area contributed by atoms with Crippen molar-refractivity contribution in [1.29, 1.82) is 0 Å². The van der Waals surface area contributed by atoms with Crippen molar-refractivity contribution in [2.24, 2.45) is 0 Å². The zero-order valence-electron chi connectivity index (χ0n) is 14.3. The van der Waals surface area contributed by atoms with Crippen molar-refractivity contribution >= 4 is 18.0 Å². The average molecular weight is 387 g/mol. The minimum atomic E-state index is -4.58. The van der Waals surface area contributed by atoms with Crippen molar-refractivity contribution < 1.29 is 37.0 Å².